The van der Waals surface area contributed by atoms with Crippen LogP contribution in [0.4, 0.5) is 5.82 Å². The maximum absolute atomic E-state index is 12.7. The Morgan fingerprint density at radius 1 is 1.14 bits per heavy atom. The lowest BCUT2D eigenvalue weighted by Crippen LogP contribution is -2.26. The SMILES string of the molecule is CCn1c(=O)c(NCc2ncc(S(=O)(=O)CC)cn2)nc2c(C)nc(Cl)nc21. The van der Waals surface area contributed by atoms with Crippen molar-refractivity contribution in [2.24, 2.45) is 0 Å². The minimum absolute atomic E-state index is 0.0308. The average Bonchev–Trinajstić information content (AvgIpc) is 2.67. The molecule has 0 amide bonds. The summed E-state index contributed by atoms with van der Waals surface area (Å²) in [5.74, 6) is 0.387. The second-order valence-electron chi connectivity index (χ2n) is 5.85. The molecule has 0 aliphatic heterocycles. The van der Waals surface area contributed by atoms with Gasteiger partial charge in [0, 0.05) is 18.9 Å². The Morgan fingerprint density at radius 2 is 1.82 bits per heavy atom. The molecule has 0 atom stereocenters. The van der Waals surface area contributed by atoms with Crippen LogP contribution in [0, 0.1) is 6.92 Å². The summed E-state index contributed by atoms with van der Waals surface area (Å²) in [6, 6.07) is 0. The molecule has 10 nitrogen and oxygen atoms in total. The van der Waals surface area contributed by atoms with E-state index in [1.807, 2.05) is 6.92 Å². The standard InChI is InChI=1S/C16H18ClN7O3S/c1-4-24-14-12(9(3)21-16(17)23-14)22-13(15(24)25)20-8-11-18-6-10(7-19-11)28(26,27)5-2/h6-7H,4-5,8H2,1-3H3,(H,20,22). The van der Waals surface area contributed by atoms with Crippen molar-refractivity contribution in [1.82, 2.24) is 29.5 Å². The molecule has 0 saturated heterocycles. The molecule has 3 heterocycles. The molecule has 28 heavy (non-hydrogen) atoms. The zero-order valence-corrected chi connectivity index (χ0v) is 17.0. The summed E-state index contributed by atoms with van der Waals surface area (Å²) in [5.41, 5.74) is 1.000. The third kappa shape index (κ3) is 3.80. The van der Waals surface area contributed by atoms with Gasteiger partial charge in [-0.2, -0.15) is 4.98 Å². The zero-order chi connectivity index (χ0) is 20.5. The Labute approximate surface area is 166 Å². The van der Waals surface area contributed by atoms with Crippen LogP contribution in [0.1, 0.15) is 25.4 Å². The number of nitrogens with one attached hydrogen (secondary N) is 1. The first-order valence-electron chi connectivity index (χ1n) is 8.49. The molecule has 0 aliphatic rings. The molecule has 12 heteroatoms. The van der Waals surface area contributed by atoms with Gasteiger partial charge in [-0.1, -0.05) is 6.92 Å². The van der Waals surface area contributed by atoms with Crippen LogP contribution in [0.3, 0.4) is 0 Å². The largest absolute Gasteiger partial charge is 0.358 e. The van der Waals surface area contributed by atoms with Crippen molar-refractivity contribution < 1.29 is 8.42 Å². The molecule has 0 saturated carbocycles. The highest BCUT2D eigenvalue weighted by atomic mass is 35.5. The number of hydrogen-bond acceptors (Lipinski definition) is 9. The van der Waals surface area contributed by atoms with E-state index in [0.717, 1.165) is 0 Å². The first-order chi connectivity index (χ1) is 13.3. The molecule has 0 unspecified atom stereocenters. The highest BCUT2D eigenvalue weighted by Crippen LogP contribution is 2.16. The fraction of sp³-hybridized carbons (Fsp3) is 0.375. The second kappa shape index (κ2) is 7.76. The Bertz CT molecular complexity index is 1190. The smallest absolute Gasteiger partial charge is 0.294 e. The third-order valence-corrected chi connectivity index (χ3v) is 5.95. The molecule has 0 fully saturated rings. The van der Waals surface area contributed by atoms with Gasteiger partial charge in [-0.05, 0) is 25.4 Å². The van der Waals surface area contributed by atoms with Gasteiger partial charge < -0.3 is 5.32 Å². The molecule has 3 rings (SSSR count). The molecular weight excluding hydrogens is 406 g/mol. The Hall–Kier alpha value is -2.66. The lowest BCUT2D eigenvalue weighted by molar-refractivity contribution is 0.596. The highest BCUT2D eigenvalue weighted by molar-refractivity contribution is 7.91. The number of aryl methyl sites for hydroxylation is 2. The average molecular weight is 424 g/mol. The predicted molar refractivity (Wildman–Crippen MR) is 104 cm³/mol. The Balaban J connectivity index is 1.93. The van der Waals surface area contributed by atoms with Crippen molar-refractivity contribution in [3.8, 4) is 0 Å². The number of rotatable bonds is 6. The van der Waals surface area contributed by atoms with Crippen molar-refractivity contribution in [3.05, 3.63) is 39.5 Å². The molecule has 0 aromatic carbocycles. The number of hydrogen-bond donors (Lipinski definition) is 1. The van der Waals surface area contributed by atoms with E-state index in [4.69, 9.17) is 11.6 Å². The van der Waals surface area contributed by atoms with E-state index in [0.29, 0.717) is 29.2 Å². The monoisotopic (exact) mass is 423 g/mol. The molecule has 148 valence electrons. The minimum Gasteiger partial charge on any atom is -0.358 e. The molecular formula is C16H18ClN7O3S. The van der Waals surface area contributed by atoms with Gasteiger partial charge in [0.1, 0.15) is 16.2 Å². The van der Waals surface area contributed by atoms with Crippen LogP contribution in [0.5, 0.6) is 0 Å². The second-order valence-corrected chi connectivity index (χ2v) is 8.47. The molecule has 1 N–H and O–H groups in total. The normalized spacial score (nSPS) is 11.7. The van der Waals surface area contributed by atoms with E-state index < -0.39 is 9.84 Å². The highest BCUT2D eigenvalue weighted by Gasteiger charge is 2.16. The van der Waals surface area contributed by atoms with Crippen LogP contribution in [0.25, 0.3) is 11.2 Å². The van der Waals surface area contributed by atoms with Gasteiger partial charge in [-0.3, -0.25) is 9.36 Å². The fourth-order valence-corrected chi connectivity index (χ4v) is 3.52. The first-order valence-corrected chi connectivity index (χ1v) is 10.5. The van der Waals surface area contributed by atoms with E-state index in [1.165, 1.54) is 17.0 Å². The molecule has 0 bridgehead atoms. The van der Waals surface area contributed by atoms with Gasteiger partial charge in [0.25, 0.3) is 5.56 Å². The Kier molecular flexibility index (Phi) is 5.57. The van der Waals surface area contributed by atoms with Gasteiger partial charge in [0.2, 0.25) is 5.28 Å². The van der Waals surface area contributed by atoms with Crippen molar-refractivity contribution in [1.29, 1.82) is 0 Å². The first kappa shape index (κ1) is 20.1. The van der Waals surface area contributed by atoms with Gasteiger partial charge in [-0.25, -0.2) is 28.4 Å². The fourth-order valence-electron chi connectivity index (χ4n) is 2.55. The van der Waals surface area contributed by atoms with Crippen LogP contribution in [-0.2, 0) is 22.9 Å². The van der Waals surface area contributed by atoms with Crippen LogP contribution >= 0.6 is 11.6 Å². The zero-order valence-electron chi connectivity index (χ0n) is 15.5. The van der Waals surface area contributed by atoms with E-state index in [2.05, 4.69) is 30.2 Å². The lowest BCUT2D eigenvalue weighted by Gasteiger charge is -2.12. The number of halogens is 1. The van der Waals surface area contributed by atoms with Crippen molar-refractivity contribution in [2.75, 3.05) is 11.1 Å². The number of aromatic nitrogens is 6. The topological polar surface area (TPSA) is 133 Å². The van der Waals surface area contributed by atoms with Crippen LogP contribution in [0.2, 0.25) is 5.28 Å². The van der Waals surface area contributed by atoms with E-state index >= 15 is 0 Å². The lowest BCUT2D eigenvalue weighted by atomic mass is 10.3. The maximum atomic E-state index is 12.7. The molecule has 0 spiro atoms. The summed E-state index contributed by atoms with van der Waals surface area (Å²) in [6.45, 7) is 5.56. The van der Waals surface area contributed by atoms with E-state index in [1.54, 1.807) is 13.8 Å². The maximum Gasteiger partial charge on any atom is 0.294 e. The quantitative estimate of drug-likeness (QED) is 0.583. The van der Waals surface area contributed by atoms with Crippen LogP contribution in [0.15, 0.2) is 22.1 Å². The molecule has 3 aromatic heterocycles. The van der Waals surface area contributed by atoms with Crippen LogP contribution < -0.4 is 10.9 Å². The summed E-state index contributed by atoms with van der Waals surface area (Å²) < 4.78 is 25.1. The van der Waals surface area contributed by atoms with Crippen molar-refractivity contribution in [2.45, 2.75) is 38.8 Å². The molecule has 0 aliphatic carbocycles. The molecule has 3 aromatic rings. The van der Waals surface area contributed by atoms with Gasteiger partial charge in [0.15, 0.2) is 21.3 Å². The van der Waals surface area contributed by atoms with E-state index in [-0.39, 0.29) is 33.9 Å². The van der Waals surface area contributed by atoms with Gasteiger partial charge in [-0.15, -0.1) is 0 Å². The van der Waals surface area contributed by atoms with Gasteiger partial charge in [0.05, 0.1) is 18.0 Å². The Morgan fingerprint density at radius 3 is 2.43 bits per heavy atom. The number of anilines is 1. The van der Waals surface area contributed by atoms with Crippen molar-refractivity contribution >= 4 is 38.4 Å². The third-order valence-electron chi connectivity index (χ3n) is 4.09. The number of fused-ring (bicyclic) bond motifs is 1. The minimum atomic E-state index is -3.37. The summed E-state index contributed by atoms with van der Waals surface area (Å²) >= 11 is 5.90. The molecule has 0 radical (unpaired) electrons. The summed E-state index contributed by atoms with van der Waals surface area (Å²) in [4.78, 5) is 33.4. The summed E-state index contributed by atoms with van der Waals surface area (Å²) in [6.07, 6.45) is 2.50. The summed E-state index contributed by atoms with van der Waals surface area (Å²) in [7, 11) is -3.37. The summed E-state index contributed by atoms with van der Waals surface area (Å²) in [5, 5.41) is 2.95. The van der Waals surface area contributed by atoms with E-state index in [9.17, 15) is 13.2 Å². The van der Waals surface area contributed by atoms with Gasteiger partial charge >= 0.3 is 0 Å². The van der Waals surface area contributed by atoms with Crippen LogP contribution in [-0.4, -0.2) is 43.7 Å². The van der Waals surface area contributed by atoms with Crippen molar-refractivity contribution in [3.63, 3.8) is 0 Å². The predicted octanol–water partition coefficient (Wildman–Crippen LogP) is 1.36. The number of sulfone groups is 1. The number of nitrogens with zero attached hydrogens (tertiary/aromatic N) is 6.